The Morgan fingerprint density at radius 1 is 0.571 bits per heavy atom. The number of unbranched alkanes of at least 4 members (excludes halogenated alkanes) is 12. The highest BCUT2D eigenvalue weighted by Gasteiger charge is 2.47. The molecular formula is C34H56N2O4S2. The van der Waals surface area contributed by atoms with E-state index in [0.29, 0.717) is 0 Å². The Kier molecular flexibility index (Phi) is 16.7. The van der Waals surface area contributed by atoms with Crippen molar-refractivity contribution in [2.24, 2.45) is 0 Å². The Morgan fingerprint density at radius 3 is 1.33 bits per heavy atom. The van der Waals surface area contributed by atoms with Crippen LogP contribution in [0.2, 0.25) is 0 Å². The number of hydrogen-bond donors (Lipinski definition) is 2. The molecule has 2 aliphatic rings. The highest BCUT2D eigenvalue weighted by atomic mass is 32.2. The molecule has 1 aromatic carbocycles. The van der Waals surface area contributed by atoms with Gasteiger partial charge in [-0.25, -0.2) is 0 Å². The number of amides is 2. The molecule has 0 aromatic heterocycles. The fourth-order valence-corrected chi connectivity index (χ4v) is 8.69. The smallest absolute Gasteiger partial charge is 0.244 e. The summed E-state index contributed by atoms with van der Waals surface area (Å²) < 4.78 is 0. The minimum atomic E-state index is -0.250. The van der Waals surface area contributed by atoms with Crippen LogP contribution in [0.25, 0.3) is 0 Å². The summed E-state index contributed by atoms with van der Waals surface area (Å²) in [7, 11) is 0. The van der Waals surface area contributed by atoms with Crippen molar-refractivity contribution in [1.29, 1.82) is 0 Å². The summed E-state index contributed by atoms with van der Waals surface area (Å²) in [6.45, 7) is 6.39. The summed E-state index contributed by atoms with van der Waals surface area (Å²) in [5.41, 5.74) is 4.27. The predicted molar refractivity (Wildman–Crippen MR) is 181 cm³/mol. The Balaban J connectivity index is 1.89. The number of fused-ring (bicyclic) bond motifs is 3. The van der Waals surface area contributed by atoms with E-state index in [-0.39, 0.29) is 35.5 Å². The molecule has 3 rings (SSSR count). The van der Waals surface area contributed by atoms with E-state index in [1.165, 1.54) is 25.7 Å². The highest BCUT2D eigenvalue weighted by molar-refractivity contribution is 8.00. The lowest BCUT2D eigenvalue weighted by Gasteiger charge is -2.20. The first-order valence-corrected chi connectivity index (χ1v) is 18.9. The van der Waals surface area contributed by atoms with Gasteiger partial charge in [0, 0.05) is 48.8 Å². The van der Waals surface area contributed by atoms with Crippen LogP contribution >= 0.6 is 23.5 Å². The average Bonchev–Trinajstić information content (AvgIpc) is 3.42. The Hall–Kier alpha value is -1.22. The van der Waals surface area contributed by atoms with Crippen molar-refractivity contribution in [3.05, 3.63) is 23.3 Å². The van der Waals surface area contributed by atoms with Gasteiger partial charge in [0.15, 0.2) is 0 Å². The number of hydrogen-bond acceptors (Lipinski definition) is 6. The van der Waals surface area contributed by atoms with Crippen LogP contribution < -0.4 is 9.80 Å². The predicted octanol–water partition coefficient (Wildman–Crippen LogP) is 8.19. The van der Waals surface area contributed by atoms with Gasteiger partial charge in [0.2, 0.25) is 11.8 Å². The molecule has 2 heterocycles. The first kappa shape index (κ1) is 35.3. The zero-order valence-corrected chi connectivity index (χ0v) is 27.9. The molecule has 2 unspecified atom stereocenters. The topological polar surface area (TPSA) is 81.1 Å². The number of rotatable bonds is 24. The minimum absolute atomic E-state index is 0.192. The molecule has 1 aromatic rings. The lowest BCUT2D eigenvalue weighted by molar-refractivity contribution is -0.118. The molecule has 0 saturated heterocycles. The third-order valence-electron chi connectivity index (χ3n) is 8.47. The molecule has 2 atom stereocenters. The molecule has 6 nitrogen and oxygen atoms in total. The van der Waals surface area contributed by atoms with Crippen molar-refractivity contribution >= 4 is 46.7 Å². The number of carbonyl (C=O) groups is 2. The molecule has 0 aliphatic carbocycles. The number of carbonyl (C=O) groups excluding carboxylic acids is 2. The van der Waals surface area contributed by atoms with Gasteiger partial charge in [-0.15, -0.1) is 23.5 Å². The Labute approximate surface area is 263 Å². The third kappa shape index (κ3) is 9.64. The fraction of sp³-hybridized carbons (Fsp3) is 0.765. The minimum Gasteiger partial charge on any atom is -0.396 e. The van der Waals surface area contributed by atoms with Crippen LogP contribution in [0.4, 0.5) is 11.4 Å². The van der Waals surface area contributed by atoms with Crippen molar-refractivity contribution in [3.8, 4) is 0 Å². The monoisotopic (exact) mass is 620 g/mol. The molecule has 0 bridgehead atoms. The zero-order valence-electron chi connectivity index (χ0n) is 26.3. The van der Waals surface area contributed by atoms with Crippen LogP contribution in [0.15, 0.2) is 12.1 Å². The van der Waals surface area contributed by atoms with Gasteiger partial charge in [-0.2, -0.15) is 0 Å². The van der Waals surface area contributed by atoms with Crippen LogP contribution in [-0.2, 0) is 9.59 Å². The van der Waals surface area contributed by atoms with Gasteiger partial charge < -0.3 is 20.0 Å². The largest absolute Gasteiger partial charge is 0.396 e. The lowest BCUT2D eigenvalue weighted by atomic mass is 10.0. The maximum Gasteiger partial charge on any atom is 0.244 e. The van der Waals surface area contributed by atoms with Gasteiger partial charge in [0.1, 0.15) is 10.5 Å². The van der Waals surface area contributed by atoms with Crippen LogP contribution in [0.3, 0.4) is 0 Å². The van der Waals surface area contributed by atoms with Gasteiger partial charge in [-0.05, 0) is 62.2 Å². The summed E-state index contributed by atoms with van der Waals surface area (Å²) in [6, 6.07) is 4.25. The first-order chi connectivity index (χ1) is 20.6. The lowest BCUT2D eigenvalue weighted by Crippen LogP contribution is -2.29. The van der Waals surface area contributed by atoms with Crippen molar-refractivity contribution in [3.63, 3.8) is 0 Å². The van der Waals surface area contributed by atoms with Crippen molar-refractivity contribution < 1.29 is 19.8 Å². The van der Waals surface area contributed by atoms with Crippen molar-refractivity contribution in [2.75, 3.05) is 47.6 Å². The number of aliphatic hydroxyl groups excluding tert-OH is 2. The van der Waals surface area contributed by atoms with E-state index in [1.807, 2.05) is 9.80 Å². The molecule has 2 aliphatic heterocycles. The number of thioether (sulfide) groups is 2. The number of anilines is 2. The maximum atomic E-state index is 14.0. The number of nitrogens with zero attached hydrogens (tertiary/aromatic N) is 2. The summed E-state index contributed by atoms with van der Waals surface area (Å²) in [6.07, 6.45) is 16.9. The molecule has 0 saturated carbocycles. The quantitative estimate of drug-likeness (QED) is 0.113. The number of benzene rings is 1. The second-order valence-corrected chi connectivity index (χ2v) is 14.2. The first-order valence-electron chi connectivity index (χ1n) is 16.8. The van der Waals surface area contributed by atoms with E-state index in [4.69, 9.17) is 10.2 Å². The highest BCUT2D eigenvalue weighted by Crippen LogP contribution is 2.55. The molecule has 2 N–H and O–H groups in total. The SMILES string of the molecule is CCCCCCN1C(=O)C(SCCCCCCO)c2c1ccc1c2C(SCCCCCCO)C(=O)N1CCCCCC. The van der Waals surface area contributed by atoms with E-state index >= 15 is 0 Å². The van der Waals surface area contributed by atoms with Crippen LogP contribution in [0, 0.1) is 0 Å². The normalized spacial score (nSPS) is 17.9. The van der Waals surface area contributed by atoms with Gasteiger partial charge >= 0.3 is 0 Å². The summed E-state index contributed by atoms with van der Waals surface area (Å²) >= 11 is 3.51. The van der Waals surface area contributed by atoms with Crippen LogP contribution in [0.5, 0.6) is 0 Å². The Bertz CT molecular complexity index is 885. The fourth-order valence-electron chi connectivity index (χ4n) is 6.10. The third-order valence-corrected chi connectivity index (χ3v) is 11.1. The van der Waals surface area contributed by atoms with E-state index in [0.717, 1.165) is 124 Å². The van der Waals surface area contributed by atoms with Gasteiger partial charge in [-0.1, -0.05) is 78.1 Å². The molecule has 0 fully saturated rings. The molecule has 0 spiro atoms. The molecule has 238 valence electrons. The molecule has 8 heteroatoms. The van der Waals surface area contributed by atoms with E-state index in [2.05, 4.69) is 26.0 Å². The van der Waals surface area contributed by atoms with Crippen molar-refractivity contribution in [2.45, 2.75) is 127 Å². The average molecular weight is 621 g/mol. The van der Waals surface area contributed by atoms with Crippen LogP contribution in [0.1, 0.15) is 138 Å². The zero-order chi connectivity index (χ0) is 30.2. The van der Waals surface area contributed by atoms with E-state index in [1.54, 1.807) is 23.5 Å². The number of aliphatic hydroxyl groups is 2. The molecule has 0 radical (unpaired) electrons. The molecule has 2 amide bonds. The van der Waals surface area contributed by atoms with Crippen molar-refractivity contribution in [1.82, 2.24) is 0 Å². The molecular weight excluding hydrogens is 565 g/mol. The van der Waals surface area contributed by atoms with Gasteiger partial charge in [-0.3, -0.25) is 9.59 Å². The second kappa shape index (κ2) is 19.9. The second-order valence-electron chi connectivity index (χ2n) is 11.8. The van der Waals surface area contributed by atoms with E-state index < -0.39 is 0 Å². The Morgan fingerprint density at radius 2 is 0.952 bits per heavy atom. The van der Waals surface area contributed by atoms with E-state index in [9.17, 15) is 9.59 Å². The van der Waals surface area contributed by atoms with Gasteiger partial charge in [0.05, 0.1) is 0 Å². The summed E-state index contributed by atoms with van der Waals surface area (Å²) in [5, 5.41) is 17.8. The van der Waals surface area contributed by atoms with Crippen LogP contribution in [-0.4, -0.2) is 59.8 Å². The summed E-state index contributed by atoms with van der Waals surface area (Å²) in [4.78, 5) is 32.1. The van der Waals surface area contributed by atoms with Gasteiger partial charge in [0.25, 0.3) is 0 Å². The molecule has 42 heavy (non-hydrogen) atoms. The maximum absolute atomic E-state index is 14.0. The standard InChI is InChI=1S/C34H56N2O4S2/c1-3-5-7-13-21-35-27-19-20-28-30(29(27)31(33(35)39)41-25-17-11-9-15-23-37)32(42-26-18-12-10-16-24-38)34(40)36(28)22-14-8-6-4-2/h19-20,31-32,37-38H,3-18,21-26H2,1-2H3. The summed E-state index contributed by atoms with van der Waals surface area (Å²) in [5.74, 6) is 2.20.